The summed E-state index contributed by atoms with van der Waals surface area (Å²) in [4.78, 5) is 24.6. The molecule has 0 saturated heterocycles. The number of nitrogens with zero attached hydrogens (tertiary/aromatic N) is 1. The quantitative estimate of drug-likeness (QED) is 0.622. The van der Waals surface area contributed by atoms with Crippen LogP contribution in [-0.4, -0.2) is 32.4 Å². The highest BCUT2D eigenvalue weighted by Gasteiger charge is 2.30. The maximum absolute atomic E-state index is 12.5. The SMILES string of the molecule is CS(=O)(=O)c1cc(C(=O)C(C#N)C(=O)NC2CCCCC2)ccc1Cl. The van der Waals surface area contributed by atoms with Gasteiger partial charge in [-0.05, 0) is 31.0 Å². The molecular formula is C17H19ClN2O4S. The summed E-state index contributed by atoms with van der Waals surface area (Å²) in [5, 5.41) is 12.0. The van der Waals surface area contributed by atoms with Gasteiger partial charge in [-0.3, -0.25) is 9.59 Å². The Kier molecular flexibility index (Phi) is 6.20. The minimum absolute atomic E-state index is 0.0146. The number of sulfone groups is 1. The van der Waals surface area contributed by atoms with Gasteiger partial charge in [-0.15, -0.1) is 0 Å². The second-order valence-corrected chi connectivity index (χ2v) is 8.58. The second kappa shape index (κ2) is 7.98. The molecule has 0 aliphatic heterocycles. The highest BCUT2D eigenvalue weighted by atomic mass is 35.5. The molecule has 1 unspecified atom stereocenters. The lowest BCUT2D eigenvalue weighted by molar-refractivity contribution is -0.123. The van der Waals surface area contributed by atoms with Crippen molar-refractivity contribution in [2.75, 3.05) is 6.26 Å². The van der Waals surface area contributed by atoms with Crippen LogP contribution in [0.15, 0.2) is 23.1 Å². The van der Waals surface area contributed by atoms with Gasteiger partial charge in [-0.1, -0.05) is 30.9 Å². The molecule has 0 aromatic heterocycles. The van der Waals surface area contributed by atoms with Crippen LogP contribution in [0.2, 0.25) is 5.02 Å². The van der Waals surface area contributed by atoms with Gasteiger partial charge in [-0.25, -0.2) is 8.42 Å². The van der Waals surface area contributed by atoms with E-state index < -0.39 is 27.4 Å². The number of carbonyl (C=O) groups is 2. The summed E-state index contributed by atoms with van der Waals surface area (Å²) in [5.41, 5.74) is -0.0323. The average molecular weight is 383 g/mol. The van der Waals surface area contributed by atoms with Crippen LogP contribution in [0.5, 0.6) is 0 Å². The Balaban J connectivity index is 2.22. The van der Waals surface area contributed by atoms with E-state index in [1.165, 1.54) is 12.1 Å². The predicted molar refractivity (Wildman–Crippen MR) is 93.0 cm³/mol. The van der Waals surface area contributed by atoms with E-state index in [4.69, 9.17) is 11.6 Å². The van der Waals surface area contributed by atoms with E-state index in [0.29, 0.717) is 0 Å². The number of nitriles is 1. The predicted octanol–water partition coefficient (Wildman–Crippen LogP) is 2.51. The zero-order valence-corrected chi connectivity index (χ0v) is 15.4. The van der Waals surface area contributed by atoms with Gasteiger partial charge in [0.25, 0.3) is 0 Å². The normalized spacial score (nSPS) is 16.7. The maximum atomic E-state index is 12.5. The lowest BCUT2D eigenvalue weighted by Crippen LogP contribution is -2.42. The van der Waals surface area contributed by atoms with E-state index in [2.05, 4.69) is 5.32 Å². The zero-order chi connectivity index (χ0) is 18.6. The van der Waals surface area contributed by atoms with Crippen molar-refractivity contribution in [3.05, 3.63) is 28.8 Å². The van der Waals surface area contributed by atoms with Crippen LogP contribution in [-0.2, 0) is 14.6 Å². The average Bonchev–Trinajstić information content (AvgIpc) is 2.55. The number of carbonyl (C=O) groups excluding carboxylic acids is 2. The van der Waals surface area contributed by atoms with Crippen molar-refractivity contribution in [1.29, 1.82) is 5.26 Å². The van der Waals surface area contributed by atoms with Gasteiger partial charge in [0.1, 0.15) is 0 Å². The van der Waals surface area contributed by atoms with E-state index in [1.54, 1.807) is 6.07 Å². The van der Waals surface area contributed by atoms with Crippen molar-refractivity contribution in [2.45, 2.75) is 43.0 Å². The van der Waals surface area contributed by atoms with Crippen molar-refractivity contribution in [1.82, 2.24) is 5.32 Å². The summed E-state index contributed by atoms with van der Waals surface area (Å²) in [7, 11) is -3.63. The van der Waals surface area contributed by atoms with Crippen LogP contribution in [0.3, 0.4) is 0 Å². The molecule has 1 aliphatic rings. The number of amides is 1. The van der Waals surface area contributed by atoms with Gasteiger partial charge in [0.2, 0.25) is 5.91 Å². The second-order valence-electron chi connectivity index (χ2n) is 6.19. The molecular weight excluding hydrogens is 364 g/mol. The fraction of sp³-hybridized carbons (Fsp3) is 0.471. The Labute approximate surface area is 152 Å². The number of Topliss-reactive ketones (excluding diaryl/α,β-unsaturated/α-hetero) is 1. The molecule has 1 amide bonds. The summed E-state index contributed by atoms with van der Waals surface area (Å²) in [6.07, 6.45) is 5.76. The Morgan fingerprint density at radius 1 is 1.28 bits per heavy atom. The van der Waals surface area contributed by atoms with Crippen molar-refractivity contribution in [3.63, 3.8) is 0 Å². The van der Waals surface area contributed by atoms with E-state index >= 15 is 0 Å². The van der Waals surface area contributed by atoms with E-state index in [0.717, 1.165) is 44.4 Å². The molecule has 0 radical (unpaired) electrons. The largest absolute Gasteiger partial charge is 0.352 e. The number of ketones is 1. The van der Waals surface area contributed by atoms with Gasteiger partial charge in [0.05, 0.1) is 16.0 Å². The molecule has 1 fully saturated rings. The molecule has 0 spiro atoms. The molecule has 25 heavy (non-hydrogen) atoms. The van der Waals surface area contributed by atoms with Gasteiger partial charge in [0, 0.05) is 17.9 Å². The molecule has 1 aliphatic carbocycles. The molecule has 1 aromatic carbocycles. The summed E-state index contributed by atoms with van der Waals surface area (Å²) in [6, 6.07) is 5.40. The van der Waals surface area contributed by atoms with Crippen LogP contribution in [0, 0.1) is 17.2 Å². The fourth-order valence-corrected chi connectivity index (χ4v) is 4.18. The first-order chi connectivity index (χ1) is 11.7. The van der Waals surface area contributed by atoms with Crippen molar-refractivity contribution >= 4 is 33.1 Å². The Bertz CT molecular complexity index is 824. The van der Waals surface area contributed by atoms with Crippen molar-refractivity contribution in [3.8, 4) is 6.07 Å². The number of hydrogen-bond acceptors (Lipinski definition) is 5. The van der Waals surface area contributed by atoms with Gasteiger partial charge in [-0.2, -0.15) is 5.26 Å². The Hall–Kier alpha value is -1.91. The van der Waals surface area contributed by atoms with Crippen molar-refractivity contribution < 1.29 is 18.0 Å². The number of hydrogen-bond donors (Lipinski definition) is 1. The molecule has 134 valence electrons. The van der Waals surface area contributed by atoms with Gasteiger partial charge < -0.3 is 5.32 Å². The third-order valence-corrected chi connectivity index (χ3v) is 5.80. The van der Waals surface area contributed by atoms with Crippen LogP contribution < -0.4 is 5.32 Å². The van der Waals surface area contributed by atoms with E-state index in [1.807, 2.05) is 0 Å². The summed E-state index contributed by atoms with van der Waals surface area (Å²) >= 11 is 5.86. The summed E-state index contributed by atoms with van der Waals surface area (Å²) < 4.78 is 23.4. The standard InChI is InChI=1S/C17H19ClN2O4S/c1-25(23,24)15-9-11(7-8-14(15)18)16(21)13(10-19)17(22)20-12-5-3-2-4-6-12/h7-9,12-13H,2-6H2,1H3,(H,20,22). The van der Waals surface area contributed by atoms with E-state index in [-0.39, 0.29) is 21.5 Å². The minimum atomic E-state index is -3.63. The third-order valence-electron chi connectivity index (χ3n) is 4.22. The highest BCUT2D eigenvalue weighted by molar-refractivity contribution is 7.90. The fourth-order valence-electron chi connectivity index (χ4n) is 2.88. The molecule has 6 nitrogen and oxygen atoms in total. The minimum Gasteiger partial charge on any atom is -0.352 e. The van der Waals surface area contributed by atoms with Gasteiger partial charge >= 0.3 is 0 Å². The van der Waals surface area contributed by atoms with Crippen LogP contribution in [0.4, 0.5) is 0 Å². The third kappa shape index (κ3) is 4.80. The maximum Gasteiger partial charge on any atom is 0.245 e. The van der Waals surface area contributed by atoms with Crippen LogP contribution in [0.25, 0.3) is 0 Å². The molecule has 1 saturated carbocycles. The Morgan fingerprint density at radius 3 is 2.48 bits per heavy atom. The number of rotatable bonds is 5. The first kappa shape index (κ1) is 19.4. The molecule has 1 N–H and O–H groups in total. The summed E-state index contributed by atoms with van der Waals surface area (Å²) in [6.45, 7) is 0. The van der Waals surface area contributed by atoms with Crippen LogP contribution in [0.1, 0.15) is 42.5 Å². The van der Waals surface area contributed by atoms with Crippen molar-refractivity contribution in [2.24, 2.45) is 5.92 Å². The molecule has 8 heteroatoms. The lowest BCUT2D eigenvalue weighted by atomic mass is 9.93. The zero-order valence-electron chi connectivity index (χ0n) is 13.8. The van der Waals surface area contributed by atoms with Gasteiger partial charge in [0.15, 0.2) is 21.5 Å². The smallest absolute Gasteiger partial charge is 0.245 e. The van der Waals surface area contributed by atoms with Crippen LogP contribution >= 0.6 is 11.6 Å². The monoisotopic (exact) mass is 382 g/mol. The highest BCUT2D eigenvalue weighted by Crippen LogP contribution is 2.24. The summed E-state index contributed by atoms with van der Waals surface area (Å²) in [5.74, 6) is -2.90. The molecule has 0 heterocycles. The molecule has 0 bridgehead atoms. The number of benzene rings is 1. The first-order valence-corrected chi connectivity index (χ1v) is 10.2. The van der Waals surface area contributed by atoms with E-state index in [9.17, 15) is 23.3 Å². The Morgan fingerprint density at radius 2 is 1.92 bits per heavy atom. The molecule has 2 rings (SSSR count). The number of halogens is 1. The lowest BCUT2D eigenvalue weighted by Gasteiger charge is -2.23. The topological polar surface area (TPSA) is 104 Å². The molecule has 1 aromatic rings. The number of nitrogens with one attached hydrogen (secondary N) is 1. The first-order valence-electron chi connectivity index (χ1n) is 7.98. The molecule has 1 atom stereocenters.